The maximum Gasteiger partial charge on any atom is 0.469 e. The van der Waals surface area contributed by atoms with E-state index in [0.29, 0.717) is 25.7 Å². The van der Waals surface area contributed by atoms with Gasteiger partial charge in [-0.05, 0) is 70.6 Å². The average molecular weight is 711 g/mol. The number of carbonyl (C=O) groups is 2. The van der Waals surface area contributed by atoms with E-state index < -0.39 is 38.6 Å². The predicted octanol–water partition coefficient (Wildman–Crippen LogP) is 9.92. The average Bonchev–Trinajstić information content (AvgIpc) is 3.06. The Bertz CT molecular complexity index is 996. The van der Waals surface area contributed by atoms with Gasteiger partial charge in [-0.15, -0.1) is 0 Å². The Morgan fingerprint density at radius 3 is 1.88 bits per heavy atom. The summed E-state index contributed by atoms with van der Waals surface area (Å²) < 4.78 is 26.2. The first-order valence-corrected chi connectivity index (χ1v) is 20.2. The number of aliphatic hydroxyl groups excluding tert-OH is 1. The second-order valence-corrected chi connectivity index (χ2v) is 13.6. The quantitative estimate of drug-likeness (QED) is 0.0200. The van der Waals surface area contributed by atoms with Crippen molar-refractivity contribution in [3.8, 4) is 0 Å². The smallest absolute Gasteiger partial charge is 0.462 e. The molecule has 10 heteroatoms. The topological polar surface area (TPSA) is 140 Å². The number of hydrogen-bond donors (Lipinski definition) is 3. The largest absolute Gasteiger partial charge is 0.469 e. The van der Waals surface area contributed by atoms with E-state index in [1.807, 2.05) is 18.2 Å². The van der Waals surface area contributed by atoms with Crippen LogP contribution in [0.15, 0.2) is 60.8 Å². The first-order valence-electron chi connectivity index (χ1n) is 18.7. The third-order valence-electron chi connectivity index (χ3n) is 7.59. The van der Waals surface area contributed by atoms with Crippen LogP contribution in [-0.2, 0) is 28.2 Å². The van der Waals surface area contributed by atoms with Gasteiger partial charge < -0.3 is 24.4 Å². The van der Waals surface area contributed by atoms with Gasteiger partial charge in [-0.25, -0.2) is 4.57 Å². The molecule has 0 aromatic rings. The Kier molecular flexibility index (Phi) is 32.6. The molecule has 0 saturated carbocycles. The first kappa shape index (κ1) is 46.7. The lowest BCUT2D eigenvalue weighted by Gasteiger charge is -2.18. The minimum absolute atomic E-state index is 0.128. The van der Waals surface area contributed by atoms with Crippen LogP contribution < -0.4 is 0 Å². The zero-order chi connectivity index (χ0) is 36.3. The van der Waals surface area contributed by atoms with Gasteiger partial charge in [0.05, 0.1) is 12.7 Å². The fourth-order valence-corrected chi connectivity index (χ4v) is 5.09. The maximum absolute atomic E-state index is 12.3. The van der Waals surface area contributed by atoms with Gasteiger partial charge in [0.15, 0.2) is 6.10 Å². The molecule has 9 nitrogen and oxygen atoms in total. The van der Waals surface area contributed by atoms with Crippen molar-refractivity contribution in [3.05, 3.63) is 60.8 Å². The van der Waals surface area contributed by atoms with E-state index in [2.05, 4.69) is 48.8 Å². The third-order valence-corrected chi connectivity index (χ3v) is 8.07. The lowest BCUT2D eigenvalue weighted by molar-refractivity contribution is -0.161. The highest BCUT2D eigenvalue weighted by molar-refractivity contribution is 7.46. The molecule has 0 aliphatic rings. The summed E-state index contributed by atoms with van der Waals surface area (Å²) in [6, 6.07) is 0. The van der Waals surface area contributed by atoms with Crippen molar-refractivity contribution < 1.29 is 43.0 Å². The third kappa shape index (κ3) is 36.8. The number of phosphoric acid groups is 1. The number of allylic oxidation sites excluding steroid dienone is 8. The van der Waals surface area contributed by atoms with Crippen molar-refractivity contribution in [3.63, 3.8) is 0 Å². The van der Waals surface area contributed by atoms with Gasteiger partial charge in [-0.3, -0.25) is 14.1 Å². The van der Waals surface area contributed by atoms with Gasteiger partial charge in [-0.1, -0.05) is 126 Å². The normalized spacial score (nSPS) is 13.8. The number of carbonyl (C=O) groups excluding carboxylic acids is 2. The summed E-state index contributed by atoms with van der Waals surface area (Å²) in [4.78, 5) is 42.6. The molecular formula is C39H67O9P. The van der Waals surface area contributed by atoms with Gasteiger partial charge >= 0.3 is 19.8 Å². The Balaban J connectivity index is 4.19. The van der Waals surface area contributed by atoms with E-state index in [9.17, 15) is 19.3 Å². The van der Waals surface area contributed by atoms with Crippen LogP contribution in [0.5, 0.6) is 0 Å². The molecule has 0 rings (SSSR count). The fourth-order valence-electron chi connectivity index (χ4n) is 4.73. The zero-order valence-corrected chi connectivity index (χ0v) is 31.3. The summed E-state index contributed by atoms with van der Waals surface area (Å²) >= 11 is 0. The van der Waals surface area contributed by atoms with E-state index in [-0.39, 0.29) is 19.4 Å². The molecular weight excluding hydrogens is 643 g/mol. The molecule has 0 heterocycles. The lowest BCUT2D eigenvalue weighted by atomic mass is 10.1. The van der Waals surface area contributed by atoms with Crippen molar-refractivity contribution in [2.24, 2.45) is 0 Å². The van der Waals surface area contributed by atoms with E-state index in [1.165, 1.54) is 44.9 Å². The predicted molar refractivity (Wildman–Crippen MR) is 199 cm³/mol. The zero-order valence-electron chi connectivity index (χ0n) is 30.4. The minimum Gasteiger partial charge on any atom is -0.462 e. The Labute approximate surface area is 297 Å². The number of phosphoric ester groups is 1. The lowest BCUT2D eigenvalue weighted by Crippen LogP contribution is -2.29. The van der Waals surface area contributed by atoms with Crippen molar-refractivity contribution in [1.82, 2.24) is 0 Å². The molecule has 0 aliphatic carbocycles. The molecule has 0 saturated heterocycles. The Morgan fingerprint density at radius 1 is 0.633 bits per heavy atom. The van der Waals surface area contributed by atoms with E-state index in [1.54, 1.807) is 12.2 Å². The van der Waals surface area contributed by atoms with E-state index >= 15 is 0 Å². The highest BCUT2D eigenvalue weighted by Crippen LogP contribution is 2.36. The summed E-state index contributed by atoms with van der Waals surface area (Å²) in [5, 5.41) is 10.1. The van der Waals surface area contributed by atoms with Gasteiger partial charge in [0.25, 0.3) is 0 Å². The first-order chi connectivity index (χ1) is 23.7. The molecule has 1 unspecified atom stereocenters. The second kappa shape index (κ2) is 34.2. The van der Waals surface area contributed by atoms with Crippen molar-refractivity contribution in [1.29, 1.82) is 0 Å². The van der Waals surface area contributed by atoms with Gasteiger partial charge in [0, 0.05) is 12.8 Å². The maximum atomic E-state index is 12.3. The highest BCUT2D eigenvalue weighted by Gasteiger charge is 2.22. The molecule has 282 valence electrons. The van der Waals surface area contributed by atoms with Crippen molar-refractivity contribution >= 4 is 19.8 Å². The van der Waals surface area contributed by atoms with Crippen LogP contribution >= 0.6 is 7.82 Å². The molecule has 3 N–H and O–H groups in total. The van der Waals surface area contributed by atoms with Crippen LogP contribution in [0.3, 0.4) is 0 Å². The van der Waals surface area contributed by atoms with Crippen LogP contribution in [0.4, 0.5) is 0 Å². The monoisotopic (exact) mass is 710 g/mol. The molecule has 49 heavy (non-hydrogen) atoms. The van der Waals surface area contributed by atoms with Crippen LogP contribution in [0.25, 0.3) is 0 Å². The minimum atomic E-state index is -4.78. The highest BCUT2D eigenvalue weighted by atomic mass is 31.2. The van der Waals surface area contributed by atoms with E-state index in [0.717, 1.165) is 51.4 Å². The van der Waals surface area contributed by atoms with Crippen molar-refractivity contribution in [2.75, 3.05) is 13.2 Å². The standard InChI is InChI=1S/C39H67O9P/c1-3-5-7-9-11-13-14-15-16-18-20-24-29-33-39(42)48-37(35-47-49(43,44)45)34-46-38(41)32-28-25-21-23-27-31-36(40)30-26-22-19-17-12-10-8-6-4-2/h12-14,17,21-23,26-27,31,36-37,40H,3-11,15-16,18-20,24-25,28-30,32-35H2,1-2H3,(H2,43,44,45)/b14-13-,17-12-,23-21+,26-22-,31-27-/t36?,37-/m1/s1. The van der Waals surface area contributed by atoms with E-state index in [4.69, 9.17) is 19.3 Å². The molecule has 0 fully saturated rings. The Morgan fingerprint density at radius 2 is 1.18 bits per heavy atom. The summed E-state index contributed by atoms with van der Waals surface area (Å²) in [5.74, 6) is -1.03. The summed E-state index contributed by atoms with van der Waals surface area (Å²) in [5.41, 5.74) is 0. The molecule has 2 atom stereocenters. The van der Waals surface area contributed by atoms with Crippen LogP contribution in [0.1, 0.15) is 149 Å². The molecule has 0 aromatic carbocycles. The molecule has 0 amide bonds. The number of esters is 2. The number of unbranched alkanes of at least 4 members (excludes halogenated alkanes) is 13. The molecule has 0 radical (unpaired) electrons. The summed E-state index contributed by atoms with van der Waals surface area (Å²) in [6.45, 7) is 3.48. The fraction of sp³-hybridized carbons (Fsp3) is 0.692. The van der Waals surface area contributed by atoms with Crippen LogP contribution in [0.2, 0.25) is 0 Å². The van der Waals surface area contributed by atoms with Crippen molar-refractivity contribution in [2.45, 2.75) is 161 Å². The number of rotatable bonds is 33. The summed E-state index contributed by atoms with van der Waals surface area (Å²) in [7, 11) is -4.78. The Hall–Kier alpha value is -2.29. The second-order valence-electron chi connectivity index (χ2n) is 12.4. The van der Waals surface area contributed by atoms with Gasteiger partial charge in [0.2, 0.25) is 0 Å². The molecule has 0 spiro atoms. The molecule has 0 bridgehead atoms. The molecule has 0 aliphatic heterocycles. The SMILES string of the molecule is CCCCC/C=C\C/C=C\CC(O)/C=C\C=C\CCCC(=O)OC[C@H](COP(=O)(O)O)OC(=O)CCCCCCC/C=C\CCCCCC. The molecule has 0 aromatic heterocycles. The van der Waals surface area contributed by atoms with Crippen LogP contribution in [0, 0.1) is 0 Å². The van der Waals surface area contributed by atoms with Crippen LogP contribution in [-0.4, -0.2) is 52.3 Å². The van der Waals surface area contributed by atoms with Gasteiger partial charge in [0.1, 0.15) is 6.61 Å². The number of ether oxygens (including phenoxy) is 2. The summed E-state index contributed by atoms with van der Waals surface area (Å²) in [6.07, 6.45) is 38.3. The number of hydrogen-bond acceptors (Lipinski definition) is 7. The number of aliphatic hydroxyl groups is 1. The van der Waals surface area contributed by atoms with Gasteiger partial charge in [-0.2, -0.15) is 0 Å².